The maximum Gasteiger partial charge on any atom is 0.140 e. The molecule has 0 spiro atoms. The maximum atomic E-state index is 5.54. The number of rotatable bonds is 4. The van der Waals surface area contributed by atoms with Gasteiger partial charge in [-0.25, -0.2) is 4.98 Å². The van der Waals surface area contributed by atoms with E-state index >= 15 is 0 Å². The molecule has 3 rings (SSSR count). The fourth-order valence-corrected chi connectivity index (χ4v) is 2.12. The number of imidazole rings is 1. The minimum absolute atomic E-state index is 0.127. The largest absolute Gasteiger partial charge is 0.494 e. The summed E-state index contributed by atoms with van der Waals surface area (Å²) in [5, 5.41) is 0. The molecule has 0 saturated heterocycles. The van der Waals surface area contributed by atoms with Crippen LogP contribution in [0.1, 0.15) is 25.5 Å². The highest BCUT2D eigenvalue weighted by Gasteiger charge is 2.46. The zero-order valence-electron chi connectivity index (χ0n) is 10.1. The average Bonchev–Trinajstić information content (AvgIpc) is 3.03. The molecule has 90 valence electrons. The molecule has 1 saturated carbocycles. The van der Waals surface area contributed by atoms with Crippen LogP contribution in [0.15, 0.2) is 24.5 Å². The van der Waals surface area contributed by atoms with Crippen molar-refractivity contribution in [3.05, 3.63) is 30.2 Å². The number of aromatic nitrogens is 2. The molecule has 0 aliphatic heterocycles. The first kappa shape index (κ1) is 10.6. The summed E-state index contributed by atoms with van der Waals surface area (Å²) < 4.78 is 13.0. The lowest BCUT2D eigenvalue weighted by Crippen LogP contribution is -2.08. The highest BCUT2D eigenvalue weighted by Crippen LogP contribution is 2.48. The van der Waals surface area contributed by atoms with Crippen LogP contribution in [-0.4, -0.2) is 23.1 Å². The van der Waals surface area contributed by atoms with Gasteiger partial charge in [0.2, 0.25) is 0 Å². The Morgan fingerprint density at radius 1 is 1.47 bits per heavy atom. The third-order valence-corrected chi connectivity index (χ3v) is 3.30. The van der Waals surface area contributed by atoms with Crippen LogP contribution in [-0.2, 0) is 10.3 Å². The summed E-state index contributed by atoms with van der Waals surface area (Å²) in [7, 11) is 1.75. The molecule has 2 aromatic heterocycles. The third kappa shape index (κ3) is 1.69. The van der Waals surface area contributed by atoms with Gasteiger partial charge in [0.25, 0.3) is 0 Å². The van der Waals surface area contributed by atoms with Gasteiger partial charge >= 0.3 is 0 Å². The smallest absolute Gasteiger partial charge is 0.140 e. The van der Waals surface area contributed by atoms with Crippen molar-refractivity contribution in [3.8, 4) is 5.75 Å². The molecule has 0 aromatic carbocycles. The Morgan fingerprint density at radius 2 is 2.29 bits per heavy atom. The SMILES string of the molecule is CCOc1ccn2cc(C3(OC)CC3)nc2c1. The Hall–Kier alpha value is -1.55. The van der Waals surface area contributed by atoms with Gasteiger partial charge in [-0.05, 0) is 25.8 Å². The molecular formula is C13H16N2O2. The van der Waals surface area contributed by atoms with Crippen LogP contribution in [0.3, 0.4) is 0 Å². The van der Waals surface area contributed by atoms with E-state index in [2.05, 4.69) is 4.98 Å². The van der Waals surface area contributed by atoms with E-state index in [1.54, 1.807) is 7.11 Å². The van der Waals surface area contributed by atoms with Crippen molar-refractivity contribution in [2.45, 2.75) is 25.4 Å². The molecule has 2 aromatic rings. The van der Waals surface area contributed by atoms with E-state index in [1.165, 1.54) is 0 Å². The van der Waals surface area contributed by atoms with Crippen LogP contribution >= 0.6 is 0 Å². The summed E-state index contributed by atoms with van der Waals surface area (Å²) >= 11 is 0. The molecule has 17 heavy (non-hydrogen) atoms. The average molecular weight is 232 g/mol. The van der Waals surface area contributed by atoms with Crippen LogP contribution < -0.4 is 4.74 Å². The predicted octanol–water partition coefficient (Wildman–Crippen LogP) is 2.37. The van der Waals surface area contributed by atoms with E-state index in [1.807, 2.05) is 35.9 Å². The molecule has 4 nitrogen and oxygen atoms in total. The summed E-state index contributed by atoms with van der Waals surface area (Å²) in [6, 6.07) is 3.91. The molecule has 2 heterocycles. The van der Waals surface area contributed by atoms with Crippen molar-refractivity contribution in [2.24, 2.45) is 0 Å². The van der Waals surface area contributed by atoms with Crippen molar-refractivity contribution < 1.29 is 9.47 Å². The summed E-state index contributed by atoms with van der Waals surface area (Å²) in [5.41, 5.74) is 1.81. The molecule has 0 unspecified atom stereocenters. The van der Waals surface area contributed by atoms with Gasteiger partial charge in [0, 0.05) is 25.6 Å². The third-order valence-electron chi connectivity index (χ3n) is 3.30. The monoisotopic (exact) mass is 232 g/mol. The quantitative estimate of drug-likeness (QED) is 0.811. The number of pyridine rings is 1. The summed E-state index contributed by atoms with van der Waals surface area (Å²) in [6.07, 6.45) is 6.14. The lowest BCUT2D eigenvalue weighted by atomic mass is 10.2. The maximum absolute atomic E-state index is 5.54. The molecule has 1 aliphatic rings. The number of ether oxygens (including phenoxy) is 2. The fourth-order valence-electron chi connectivity index (χ4n) is 2.12. The number of hydrogen-bond donors (Lipinski definition) is 0. The van der Waals surface area contributed by atoms with Crippen molar-refractivity contribution in [1.29, 1.82) is 0 Å². The van der Waals surface area contributed by atoms with E-state index in [0.717, 1.165) is 29.9 Å². The van der Waals surface area contributed by atoms with E-state index in [-0.39, 0.29) is 5.60 Å². The van der Waals surface area contributed by atoms with Gasteiger partial charge in [-0.2, -0.15) is 0 Å². The standard InChI is InChI=1S/C13H16N2O2/c1-3-17-10-4-7-15-9-11(14-12(15)8-10)13(16-2)5-6-13/h4,7-9H,3,5-6H2,1-2H3. The Kier molecular flexibility index (Phi) is 2.33. The molecule has 0 radical (unpaired) electrons. The molecule has 0 amide bonds. The second kappa shape index (κ2) is 3.74. The van der Waals surface area contributed by atoms with Gasteiger partial charge in [-0.1, -0.05) is 0 Å². The van der Waals surface area contributed by atoms with Crippen LogP contribution in [0, 0.1) is 0 Å². The summed E-state index contributed by atoms with van der Waals surface area (Å²) in [4.78, 5) is 4.62. The number of fused-ring (bicyclic) bond motifs is 1. The number of hydrogen-bond acceptors (Lipinski definition) is 3. The van der Waals surface area contributed by atoms with Crippen molar-refractivity contribution in [2.75, 3.05) is 13.7 Å². The number of methoxy groups -OCH3 is 1. The van der Waals surface area contributed by atoms with Gasteiger partial charge in [0.05, 0.1) is 12.3 Å². The fraction of sp³-hybridized carbons (Fsp3) is 0.462. The topological polar surface area (TPSA) is 35.8 Å². The summed E-state index contributed by atoms with van der Waals surface area (Å²) in [6.45, 7) is 2.65. The van der Waals surface area contributed by atoms with Crippen molar-refractivity contribution >= 4 is 5.65 Å². The highest BCUT2D eigenvalue weighted by atomic mass is 16.5. The Balaban J connectivity index is 2.01. The Morgan fingerprint density at radius 3 is 2.94 bits per heavy atom. The van der Waals surface area contributed by atoms with Crippen molar-refractivity contribution in [1.82, 2.24) is 9.38 Å². The van der Waals surface area contributed by atoms with Crippen LogP contribution in [0.5, 0.6) is 5.75 Å². The van der Waals surface area contributed by atoms with Gasteiger partial charge < -0.3 is 13.9 Å². The highest BCUT2D eigenvalue weighted by molar-refractivity contribution is 5.47. The molecule has 0 bridgehead atoms. The van der Waals surface area contributed by atoms with E-state index < -0.39 is 0 Å². The van der Waals surface area contributed by atoms with Crippen molar-refractivity contribution in [3.63, 3.8) is 0 Å². The number of nitrogens with zero attached hydrogens (tertiary/aromatic N) is 2. The van der Waals surface area contributed by atoms with Gasteiger partial charge in [0.15, 0.2) is 0 Å². The van der Waals surface area contributed by atoms with Gasteiger partial charge in [-0.3, -0.25) is 0 Å². The lowest BCUT2D eigenvalue weighted by Gasteiger charge is -2.08. The van der Waals surface area contributed by atoms with E-state index in [0.29, 0.717) is 6.61 Å². The van der Waals surface area contributed by atoms with Crippen LogP contribution in [0.25, 0.3) is 5.65 Å². The molecule has 4 heteroatoms. The normalized spacial score (nSPS) is 17.3. The molecule has 1 aliphatic carbocycles. The lowest BCUT2D eigenvalue weighted by molar-refractivity contribution is 0.0756. The van der Waals surface area contributed by atoms with E-state index in [9.17, 15) is 0 Å². The second-order valence-electron chi connectivity index (χ2n) is 4.39. The molecule has 0 atom stereocenters. The predicted molar refractivity (Wildman–Crippen MR) is 64.3 cm³/mol. The van der Waals surface area contributed by atoms with Crippen LogP contribution in [0.2, 0.25) is 0 Å². The minimum Gasteiger partial charge on any atom is -0.494 e. The minimum atomic E-state index is -0.127. The first-order chi connectivity index (χ1) is 8.27. The van der Waals surface area contributed by atoms with Gasteiger partial charge in [0.1, 0.15) is 17.0 Å². The zero-order chi connectivity index (χ0) is 11.9. The van der Waals surface area contributed by atoms with Crippen LogP contribution in [0.4, 0.5) is 0 Å². The second-order valence-corrected chi connectivity index (χ2v) is 4.39. The van der Waals surface area contributed by atoms with Gasteiger partial charge in [-0.15, -0.1) is 0 Å². The Bertz CT molecular complexity index is 543. The molecule has 1 fully saturated rings. The molecule has 0 N–H and O–H groups in total. The summed E-state index contributed by atoms with van der Waals surface area (Å²) in [5.74, 6) is 0.861. The first-order valence-electron chi connectivity index (χ1n) is 5.94. The first-order valence-corrected chi connectivity index (χ1v) is 5.94. The van der Waals surface area contributed by atoms with E-state index in [4.69, 9.17) is 9.47 Å². The Labute approximate surface area is 100 Å². The zero-order valence-corrected chi connectivity index (χ0v) is 10.1. The molecular weight excluding hydrogens is 216 g/mol.